The number of ether oxygens (including phenoxy) is 1. The quantitative estimate of drug-likeness (QED) is 0.920. The van der Waals surface area contributed by atoms with Crippen molar-refractivity contribution >= 4 is 0 Å². The van der Waals surface area contributed by atoms with Crippen molar-refractivity contribution in [2.24, 2.45) is 5.92 Å². The predicted octanol–water partition coefficient (Wildman–Crippen LogP) is 3.22. The number of hydrogen-bond donors (Lipinski definition) is 1. The van der Waals surface area contributed by atoms with Crippen LogP contribution in [0.3, 0.4) is 0 Å². The highest BCUT2D eigenvalue weighted by Crippen LogP contribution is 2.28. The Morgan fingerprint density at radius 3 is 2.90 bits per heavy atom. The molecule has 3 rings (SSSR count). The van der Waals surface area contributed by atoms with E-state index in [1.165, 1.54) is 37.8 Å². The minimum atomic E-state index is 0.499. The molecule has 116 valence electrons. The lowest BCUT2D eigenvalue weighted by molar-refractivity contribution is 0.198. The zero-order chi connectivity index (χ0) is 14.7. The molecular weight excluding hydrogens is 260 g/mol. The summed E-state index contributed by atoms with van der Waals surface area (Å²) >= 11 is 0. The number of piperidine rings is 1. The molecule has 0 saturated carbocycles. The number of hydrogen-bond acceptors (Lipinski definition) is 3. The van der Waals surface area contributed by atoms with Crippen LogP contribution in [0.25, 0.3) is 0 Å². The van der Waals surface area contributed by atoms with Crippen molar-refractivity contribution in [2.75, 3.05) is 26.7 Å². The number of benzene rings is 1. The third-order valence-electron chi connectivity index (χ3n) is 5.04. The van der Waals surface area contributed by atoms with Gasteiger partial charge in [0.15, 0.2) is 0 Å². The van der Waals surface area contributed by atoms with E-state index in [0.717, 1.165) is 24.8 Å². The molecule has 1 aromatic carbocycles. The van der Waals surface area contributed by atoms with Gasteiger partial charge in [-0.15, -0.1) is 0 Å². The number of likely N-dealkylation sites (tertiary alicyclic amines) is 1. The van der Waals surface area contributed by atoms with Crippen LogP contribution in [0.1, 0.15) is 44.2 Å². The maximum atomic E-state index is 6.04. The van der Waals surface area contributed by atoms with Crippen LogP contribution in [0, 0.1) is 5.92 Å². The highest BCUT2D eigenvalue weighted by molar-refractivity contribution is 5.31. The Kier molecular flexibility index (Phi) is 4.81. The molecule has 1 N–H and O–H groups in total. The Morgan fingerprint density at radius 1 is 1.29 bits per heavy atom. The Hall–Kier alpha value is -1.06. The second-order valence-corrected chi connectivity index (χ2v) is 6.80. The molecule has 1 aromatic rings. The van der Waals surface area contributed by atoms with Crippen molar-refractivity contribution < 1.29 is 4.74 Å². The van der Waals surface area contributed by atoms with Crippen molar-refractivity contribution in [3.8, 4) is 5.75 Å². The van der Waals surface area contributed by atoms with Gasteiger partial charge in [-0.25, -0.2) is 0 Å². The van der Waals surface area contributed by atoms with Gasteiger partial charge in [-0.2, -0.15) is 0 Å². The molecule has 0 bridgehead atoms. The smallest absolute Gasteiger partial charge is 0.119 e. The van der Waals surface area contributed by atoms with E-state index in [4.69, 9.17) is 4.74 Å². The van der Waals surface area contributed by atoms with Crippen molar-refractivity contribution in [2.45, 2.75) is 44.7 Å². The van der Waals surface area contributed by atoms with Crippen LogP contribution < -0.4 is 10.1 Å². The Labute approximate surface area is 128 Å². The van der Waals surface area contributed by atoms with Gasteiger partial charge in [-0.05, 0) is 69.4 Å². The minimum absolute atomic E-state index is 0.499. The largest absolute Gasteiger partial charge is 0.492 e. The molecule has 3 atom stereocenters. The summed E-state index contributed by atoms with van der Waals surface area (Å²) in [4.78, 5) is 2.41. The standard InChI is InChI=1S/C18H28N2O/c1-14-8-9-18(19-12-14)15-5-3-7-17(11-15)21-13-16-6-4-10-20(16)2/h3,5,7,11,14,16,18-19H,4,6,8-10,12-13H2,1-2H3/t14-,16?,18+/m0/s1. The zero-order valence-electron chi connectivity index (χ0n) is 13.3. The highest BCUT2D eigenvalue weighted by atomic mass is 16.5. The molecule has 21 heavy (non-hydrogen) atoms. The van der Waals surface area contributed by atoms with Crippen LogP contribution in [0.4, 0.5) is 0 Å². The van der Waals surface area contributed by atoms with Gasteiger partial charge in [-0.3, -0.25) is 0 Å². The van der Waals surface area contributed by atoms with Gasteiger partial charge in [0, 0.05) is 12.1 Å². The summed E-state index contributed by atoms with van der Waals surface area (Å²) in [6.45, 7) is 5.47. The van der Waals surface area contributed by atoms with E-state index in [1.54, 1.807) is 0 Å². The second kappa shape index (κ2) is 6.80. The van der Waals surface area contributed by atoms with E-state index in [0.29, 0.717) is 12.1 Å². The van der Waals surface area contributed by atoms with Gasteiger partial charge in [0.05, 0.1) is 0 Å². The predicted molar refractivity (Wildman–Crippen MR) is 86.7 cm³/mol. The fourth-order valence-corrected chi connectivity index (χ4v) is 3.49. The molecule has 2 aliphatic heterocycles. The molecule has 0 radical (unpaired) electrons. The first-order valence-corrected chi connectivity index (χ1v) is 8.39. The molecule has 0 aromatic heterocycles. The van der Waals surface area contributed by atoms with Gasteiger partial charge in [0.1, 0.15) is 12.4 Å². The first-order valence-electron chi connectivity index (χ1n) is 8.39. The summed E-state index contributed by atoms with van der Waals surface area (Å²) < 4.78 is 6.04. The topological polar surface area (TPSA) is 24.5 Å². The van der Waals surface area contributed by atoms with E-state index in [-0.39, 0.29) is 0 Å². The van der Waals surface area contributed by atoms with Gasteiger partial charge >= 0.3 is 0 Å². The molecule has 3 heteroatoms. The molecule has 1 unspecified atom stereocenters. The van der Waals surface area contributed by atoms with Crippen molar-refractivity contribution in [1.82, 2.24) is 10.2 Å². The Morgan fingerprint density at radius 2 is 2.19 bits per heavy atom. The third-order valence-corrected chi connectivity index (χ3v) is 5.04. The molecule has 0 aliphatic carbocycles. The fourth-order valence-electron chi connectivity index (χ4n) is 3.49. The van der Waals surface area contributed by atoms with E-state index < -0.39 is 0 Å². The summed E-state index contributed by atoms with van der Waals surface area (Å²) in [5, 5.41) is 3.65. The van der Waals surface area contributed by atoms with E-state index in [1.807, 2.05) is 0 Å². The van der Waals surface area contributed by atoms with Crippen LogP contribution in [0.15, 0.2) is 24.3 Å². The Bertz CT molecular complexity index is 454. The lowest BCUT2D eigenvalue weighted by Crippen LogP contribution is -2.32. The van der Waals surface area contributed by atoms with Crippen molar-refractivity contribution in [3.05, 3.63) is 29.8 Å². The lowest BCUT2D eigenvalue weighted by atomic mass is 9.92. The second-order valence-electron chi connectivity index (χ2n) is 6.80. The molecule has 2 fully saturated rings. The van der Waals surface area contributed by atoms with Gasteiger partial charge < -0.3 is 15.0 Å². The van der Waals surface area contributed by atoms with Crippen LogP contribution >= 0.6 is 0 Å². The molecule has 2 saturated heterocycles. The number of nitrogens with one attached hydrogen (secondary N) is 1. The van der Waals surface area contributed by atoms with Crippen LogP contribution in [-0.2, 0) is 0 Å². The highest BCUT2D eigenvalue weighted by Gasteiger charge is 2.22. The zero-order valence-corrected chi connectivity index (χ0v) is 13.3. The van der Waals surface area contributed by atoms with Crippen molar-refractivity contribution in [3.63, 3.8) is 0 Å². The summed E-state index contributed by atoms with van der Waals surface area (Å²) in [5.41, 5.74) is 1.37. The number of nitrogens with zero attached hydrogens (tertiary/aromatic N) is 1. The first-order chi connectivity index (χ1) is 10.2. The normalized spacial score (nSPS) is 30.5. The summed E-state index contributed by atoms with van der Waals surface area (Å²) in [5.74, 6) is 1.83. The SMILES string of the molecule is C[C@H]1CC[C@H](c2cccc(OCC3CCCN3C)c2)NC1. The maximum Gasteiger partial charge on any atom is 0.119 e. The third kappa shape index (κ3) is 3.78. The van der Waals surface area contributed by atoms with Crippen LogP contribution in [0.5, 0.6) is 5.75 Å². The monoisotopic (exact) mass is 288 g/mol. The lowest BCUT2D eigenvalue weighted by Gasteiger charge is -2.28. The number of likely N-dealkylation sites (N-methyl/N-ethyl adjacent to an activating group) is 1. The fraction of sp³-hybridized carbons (Fsp3) is 0.667. The first kappa shape index (κ1) is 14.9. The van der Waals surface area contributed by atoms with Gasteiger partial charge in [0.2, 0.25) is 0 Å². The molecule has 3 nitrogen and oxygen atoms in total. The summed E-state index contributed by atoms with van der Waals surface area (Å²) in [6.07, 6.45) is 5.11. The summed E-state index contributed by atoms with van der Waals surface area (Å²) in [6, 6.07) is 9.75. The number of rotatable bonds is 4. The molecular formula is C18H28N2O. The minimum Gasteiger partial charge on any atom is -0.492 e. The summed E-state index contributed by atoms with van der Waals surface area (Å²) in [7, 11) is 2.20. The van der Waals surface area contributed by atoms with Gasteiger partial charge in [0.25, 0.3) is 0 Å². The van der Waals surface area contributed by atoms with E-state index >= 15 is 0 Å². The molecule has 2 aliphatic rings. The van der Waals surface area contributed by atoms with Gasteiger partial charge in [-0.1, -0.05) is 19.1 Å². The van der Waals surface area contributed by atoms with Crippen LogP contribution in [-0.4, -0.2) is 37.7 Å². The van der Waals surface area contributed by atoms with Crippen molar-refractivity contribution in [1.29, 1.82) is 0 Å². The molecule has 2 heterocycles. The molecule has 0 amide bonds. The average molecular weight is 288 g/mol. The van der Waals surface area contributed by atoms with Crippen LogP contribution in [0.2, 0.25) is 0 Å². The maximum absolute atomic E-state index is 6.04. The average Bonchev–Trinajstić information content (AvgIpc) is 2.91. The Balaban J connectivity index is 1.58. The van der Waals surface area contributed by atoms with E-state index in [2.05, 4.69) is 48.5 Å². The van der Waals surface area contributed by atoms with E-state index in [9.17, 15) is 0 Å². The molecule has 0 spiro atoms.